The van der Waals surface area contributed by atoms with E-state index in [1.54, 1.807) is 24.3 Å². The molecular formula is C17H15NO2. The van der Waals surface area contributed by atoms with Gasteiger partial charge in [0.05, 0.1) is 11.1 Å². The van der Waals surface area contributed by atoms with Crippen LogP contribution in [0, 0.1) is 6.92 Å². The van der Waals surface area contributed by atoms with E-state index < -0.39 is 0 Å². The maximum absolute atomic E-state index is 12.2. The summed E-state index contributed by atoms with van der Waals surface area (Å²) in [7, 11) is 0. The van der Waals surface area contributed by atoms with Crippen molar-refractivity contribution >= 4 is 11.8 Å². The Bertz CT molecular complexity index is 639. The Balaban J connectivity index is 1.75. The molecule has 3 heteroatoms. The zero-order valence-corrected chi connectivity index (χ0v) is 11.3. The molecule has 1 heterocycles. The van der Waals surface area contributed by atoms with Gasteiger partial charge in [-0.1, -0.05) is 42.0 Å². The third kappa shape index (κ3) is 2.11. The average molecular weight is 265 g/mol. The summed E-state index contributed by atoms with van der Waals surface area (Å²) < 4.78 is 0. The number of fused-ring (bicyclic) bond motifs is 1. The lowest BCUT2D eigenvalue weighted by Crippen LogP contribution is -2.31. The summed E-state index contributed by atoms with van der Waals surface area (Å²) in [5.41, 5.74) is 3.37. The molecule has 2 amide bonds. The molecule has 0 fully saturated rings. The summed E-state index contributed by atoms with van der Waals surface area (Å²) in [4.78, 5) is 25.7. The van der Waals surface area contributed by atoms with Crippen molar-refractivity contribution < 1.29 is 9.59 Å². The fourth-order valence-electron chi connectivity index (χ4n) is 2.44. The van der Waals surface area contributed by atoms with Crippen molar-refractivity contribution in [3.8, 4) is 0 Å². The number of amides is 2. The van der Waals surface area contributed by atoms with Gasteiger partial charge in [-0.2, -0.15) is 0 Å². The van der Waals surface area contributed by atoms with E-state index in [1.165, 1.54) is 10.5 Å². The van der Waals surface area contributed by atoms with E-state index in [2.05, 4.69) is 0 Å². The van der Waals surface area contributed by atoms with Crippen molar-refractivity contribution in [1.82, 2.24) is 4.90 Å². The SMILES string of the molecule is Cc1ccc(CCN2C(=O)c3ccccc3C2=O)cc1. The molecular weight excluding hydrogens is 250 g/mol. The van der Waals surface area contributed by atoms with Crippen LogP contribution in [0.2, 0.25) is 0 Å². The molecule has 2 aromatic carbocycles. The largest absolute Gasteiger partial charge is 0.274 e. The first-order valence-electron chi connectivity index (χ1n) is 6.67. The topological polar surface area (TPSA) is 37.4 Å². The molecule has 0 radical (unpaired) electrons. The molecule has 0 aromatic heterocycles. The van der Waals surface area contributed by atoms with Gasteiger partial charge in [0, 0.05) is 6.54 Å². The first-order valence-corrected chi connectivity index (χ1v) is 6.67. The normalized spacial score (nSPS) is 13.8. The second kappa shape index (κ2) is 4.93. The maximum atomic E-state index is 12.2. The number of carbonyl (C=O) groups excluding carboxylic acids is 2. The molecule has 0 saturated carbocycles. The van der Waals surface area contributed by atoms with E-state index in [-0.39, 0.29) is 11.8 Å². The van der Waals surface area contributed by atoms with E-state index in [9.17, 15) is 9.59 Å². The lowest BCUT2D eigenvalue weighted by Gasteiger charge is -2.13. The minimum Gasteiger partial charge on any atom is -0.274 e. The molecule has 1 aliphatic rings. The smallest absolute Gasteiger partial charge is 0.261 e. The summed E-state index contributed by atoms with van der Waals surface area (Å²) >= 11 is 0. The van der Waals surface area contributed by atoms with E-state index >= 15 is 0 Å². The van der Waals surface area contributed by atoms with Crippen molar-refractivity contribution in [1.29, 1.82) is 0 Å². The Morgan fingerprint density at radius 1 is 0.850 bits per heavy atom. The van der Waals surface area contributed by atoms with E-state index in [0.717, 1.165) is 5.56 Å². The van der Waals surface area contributed by atoms with Crippen LogP contribution in [0.3, 0.4) is 0 Å². The minimum atomic E-state index is -0.183. The van der Waals surface area contributed by atoms with Gasteiger partial charge in [-0.15, -0.1) is 0 Å². The van der Waals surface area contributed by atoms with Crippen LogP contribution < -0.4 is 0 Å². The summed E-state index contributed by atoms with van der Waals surface area (Å²) in [5, 5.41) is 0. The van der Waals surface area contributed by atoms with Crippen LogP contribution in [0.1, 0.15) is 31.8 Å². The van der Waals surface area contributed by atoms with Crippen molar-refractivity contribution in [2.45, 2.75) is 13.3 Å². The molecule has 0 N–H and O–H groups in total. The number of nitrogens with zero attached hydrogens (tertiary/aromatic N) is 1. The van der Waals surface area contributed by atoms with Crippen LogP contribution in [-0.2, 0) is 6.42 Å². The number of rotatable bonds is 3. The van der Waals surface area contributed by atoms with Crippen molar-refractivity contribution in [2.24, 2.45) is 0 Å². The summed E-state index contributed by atoms with van der Waals surface area (Å²) in [6.45, 7) is 2.46. The highest BCUT2D eigenvalue weighted by Gasteiger charge is 2.34. The lowest BCUT2D eigenvalue weighted by atomic mass is 10.1. The fraction of sp³-hybridized carbons (Fsp3) is 0.176. The highest BCUT2D eigenvalue weighted by Crippen LogP contribution is 2.22. The third-order valence-electron chi connectivity index (χ3n) is 3.62. The Kier molecular flexibility index (Phi) is 3.11. The Labute approximate surface area is 117 Å². The molecule has 0 spiro atoms. The molecule has 20 heavy (non-hydrogen) atoms. The molecule has 1 aliphatic heterocycles. The van der Waals surface area contributed by atoms with Crippen LogP contribution >= 0.6 is 0 Å². The van der Waals surface area contributed by atoms with Crippen molar-refractivity contribution in [3.05, 3.63) is 70.8 Å². The van der Waals surface area contributed by atoms with Crippen LogP contribution in [-0.4, -0.2) is 23.3 Å². The predicted octanol–water partition coefficient (Wildman–Crippen LogP) is 2.83. The second-order valence-corrected chi connectivity index (χ2v) is 5.04. The van der Waals surface area contributed by atoms with Gasteiger partial charge in [-0.25, -0.2) is 0 Å². The van der Waals surface area contributed by atoms with Crippen LogP contribution in [0.4, 0.5) is 0 Å². The first-order chi connectivity index (χ1) is 9.66. The van der Waals surface area contributed by atoms with Crippen LogP contribution in [0.5, 0.6) is 0 Å². The number of imide groups is 1. The Morgan fingerprint density at radius 2 is 1.40 bits per heavy atom. The molecule has 100 valence electrons. The van der Waals surface area contributed by atoms with Gasteiger partial charge in [0.2, 0.25) is 0 Å². The van der Waals surface area contributed by atoms with Gasteiger partial charge in [0.25, 0.3) is 11.8 Å². The summed E-state index contributed by atoms with van der Waals surface area (Å²) in [5.74, 6) is -0.365. The molecule has 0 atom stereocenters. The molecule has 0 bridgehead atoms. The highest BCUT2D eigenvalue weighted by molar-refractivity contribution is 6.21. The lowest BCUT2D eigenvalue weighted by molar-refractivity contribution is 0.0656. The van der Waals surface area contributed by atoms with E-state index in [1.807, 2.05) is 31.2 Å². The van der Waals surface area contributed by atoms with Gasteiger partial charge in [-0.3, -0.25) is 14.5 Å². The predicted molar refractivity (Wildman–Crippen MR) is 76.7 cm³/mol. The van der Waals surface area contributed by atoms with Gasteiger partial charge in [0.15, 0.2) is 0 Å². The zero-order chi connectivity index (χ0) is 14.1. The van der Waals surface area contributed by atoms with Gasteiger partial charge < -0.3 is 0 Å². The number of hydrogen-bond donors (Lipinski definition) is 0. The Morgan fingerprint density at radius 3 is 1.95 bits per heavy atom. The number of aryl methyl sites for hydroxylation is 1. The maximum Gasteiger partial charge on any atom is 0.261 e. The standard InChI is InChI=1S/C17H15NO2/c1-12-6-8-13(9-7-12)10-11-18-16(19)14-4-2-3-5-15(14)17(18)20/h2-9H,10-11H2,1H3. The summed E-state index contributed by atoms with van der Waals surface area (Å²) in [6, 6.07) is 15.1. The van der Waals surface area contributed by atoms with E-state index in [4.69, 9.17) is 0 Å². The number of benzene rings is 2. The number of carbonyl (C=O) groups is 2. The molecule has 3 nitrogen and oxygen atoms in total. The average Bonchev–Trinajstić information content (AvgIpc) is 2.71. The zero-order valence-electron chi connectivity index (χ0n) is 11.3. The molecule has 0 unspecified atom stereocenters. The molecule has 0 saturated heterocycles. The van der Waals surface area contributed by atoms with Crippen molar-refractivity contribution in [2.75, 3.05) is 6.54 Å². The van der Waals surface area contributed by atoms with Crippen LogP contribution in [0.15, 0.2) is 48.5 Å². The van der Waals surface area contributed by atoms with Gasteiger partial charge in [0.1, 0.15) is 0 Å². The minimum absolute atomic E-state index is 0.183. The Hall–Kier alpha value is -2.42. The quantitative estimate of drug-likeness (QED) is 0.800. The highest BCUT2D eigenvalue weighted by atomic mass is 16.2. The third-order valence-corrected chi connectivity index (χ3v) is 3.62. The van der Waals surface area contributed by atoms with Gasteiger partial charge >= 0.3 is 0 Å². The second-order valence-electron chi connectivity index (χ2n) is 5.04. The fourth-order valence-corrected chi connectivity index (χ4v) is 2.44. The molecule has 3 rings (SSSR count). The molecule has 0 aliphatic carbocycles. The summed E-state index contributed by atoms with van der Waals surface area (Å²) in [6.07, 6.45) is 0.686. The monoisotopic (exact) mass is 265 g/mol. The first kappa shape index (κ1) is 12.6. The number of hydrogen-bond acceptors (Lipinski definition) is 2. The van der Waals surface area contributed by atoms with E-state index in [0.29, 0.717) is 24.1 Å². The van der Waals surface area contributed by atoms with Crippen molar-refractivity contribution in [3.63, 3.8) is 0 Å². The van der Waals surface area contributed by atoms with Gasteiger partial charge in [-0.05, 0) is 31.0 Å². The molecule has 2 aromatic rings. The van der Waals surface area contributed by atoms with Crippen LogP contribution in [0.25, 0.3) is 0 Å².